The number of Topliss-reactive ketones (excluding diaryl/α,β-unsaturated/α-hetero) is 1. The Labute approximate surface area is 221 Å². The van der Waals surface area contributed by atoms with Crippen LogP contribution >= 0.6 is 0 Å². The van der Waals surface area contributed by atoms with Crippen molar-refractivity contribution in [3.8, 4) is 0 Å². The number of anilines is 1. The Hall–Kier alpha value is -3.03. The number of nitrogens with one attached hydrogen (secondary N) is 1. The van der Waals surface area contributed by atoms with Gasteiger partial charge >= 0.3 is 5.97 Å². The van der Waals surface area contributed by atoms with Gasteiger partial charge in [0.2, 0.25) is 5.78 Å². The van der Waals surface area contributed by atoms with E-state index in [4.69, 9.17) is 4.74 Å². The molecule has 3 aromatic rings. The molecule has 0 amide bonds. The second-order valence-corrected chi connectivity index (χ2v) is 9.73. The van der Waals surface area contributed by atoms with Crippen molar-refractivity contribution in [1.82, 2.24) is 0 Å². The van der Waals surface area contributed by atoms with Crippen LogP contribution in [-0.4, -0.2) is 48.5 Å². The second kappa shape index (κ2) is 11.4. The third kappa shape index (κ3) is 5.85. The molecule has 0 spiro atoms. The Bertz CT molecular complexity index is 1170. The first-order valence-corrected chi connectivity index (χ1v) is 12.2. The molecule has 6 rings (SSSR count). The first-order chi connectivity index (χ1) is 17.0. The molecule has 1 unspecified atom stereocenters. The quantitative estimate of drug-likeness (QED) is 0.264. The molecule has 0 aliphatic carbocycles. The highest BCUT2D eigenvalue weighted by molar-refractivity contribution is 5.97. The zero-order chi connectivity index (χ0) is 24.3. The largest absolute Gasteiger partial charge is 1.00 e. The topological polar surface area (TPSA) is 55.4 Å². The fourth-order valence-electron chi connectivity index (χ4n) is 5.45. The van der Waals surface area contributed by atoms with Gasteiger partial charge in [-0.3, -0.25) is 4.79 Å². The van der Waals surface area contributed by atoms with Gasteiger partial charge in [0, 0.05) is 30.0 Å². The van der Waals surface area contributed by atoms with Crippen molar-refractivity contribution >= 4 is 17.4 Å². The van der Waals surface area contributed by atoms with Crippen molar-refractivity contribution in [2.24, 2.45) is 5.92 Å². The summed E-state index contributed by atoms with van der Waals surface area (Å²) in [5.41, 5.74) is 2.16. The average Bonchev–Trinajstić information content (AvgIpc) is 2.89. The van der Waals surface area contributed by atoms with E-state index in [1.807, 2.05) is 60.7 Å². The van der Waals surface area contributed by atoms with Gasteiger partial charge in [-0.2, -0.15) is 0 Å². The first kappa shape index (κ1) is 26.0. The number of fused-ring (bicyclic) bond motifs is 3. The molecule has 5 nitrogen and oxygen atoms in total. The van der Waals surface area contributed by atoms with E-state index in [1.54, 1.807) is 12.1 Å². The zero-order valence-electron chi connectivity index (χ0n) is 20.0. The summed E-state index contributed by atoms with van der Waals surface area (Å²) in [4.78, 5) is 26.5. The Morgan fingerprint density at radius 1 is 0.917 bits per heavy atom. The maximum atomic E-state index is 13.5. The van der Waals surface area contributed by atoms with Crippen LogP contribution in [0.3, 0.4) is 0 Å². The molecule has 3 fully saturated rings. The number of esters is 1. The maximum absolute atomic E-state index is 13.5. The minimum atomic E-state index is -0.712. The third-order valence-corrected chi connectivity index (χ3v) is 7.41. The molecule has 1 N–H and O–H groups in total. The van der Waals surface area contributed by atoms with Gasteiger partial charge in [0.05, 0.1) is 13.1 Å². The molecule has 188 valence electrons. The number of quaternary nitrogens is 1. The van der Waals surface area contributed by atoms with Crippen LogP contribution in [0.5, 0.6) is 0 Å². The van der Waals surface area contributed by atoms with Crippen molar-refractivity contribution < 1.29 is 40.2 Å². The van der Waals surface area contributed by atoms with E-state index in [-0.39, 0.29) is 40.7 Å². The van der Waals surface area contributed by atoms with E-state index in [0.29, 0.717) is 29.2 Å². The number of carbonyl (C=O) groups excluding carboxylic acids is 2. The standard InChI is InChI=1S/C29H30FN2O3.BrH/c30-24-11-13-25(14-12-24)31-28(23-9-5-2-6-10-23)29(34)35-27-20-32(17-15-22(27)16-18-32)19-26(33)21-7-3-1-4-8-21;/h1-14,22,27-28,31H,15-20H2;1H/q+1;/p-1/t22?,27-,28?,32?;/m0./s1. The Morgan fingerprint density at radius 3 is 2.17 bits per heavy atom. The predicted octanol–water partition coefficient (Wildman–Crippen LogP) is 2.02. The van der Waals surface area contributed by atoms with Crippen LogP contribution in [0.4, 0.5) is 10.1 Å². The van der Waals surface area contributed by atoms with Gasteiger partial charge in [-0.15, -0.1) is 0 Å². The molecule has 36 heavy (non-hydrogen) atoms. The third-order valence-electron chi connectivity index (χ3n) is 7.41. The smallest absolute Gasteiger partial charge is 0.333 e. The van der Waals surface area contributed by atoms with Crippen molar-refractivity contribution in [2.75, 3.05) is 31.5 Å². The van der Waals surface area contributed by atoms with Gasteiger partial charge in [-0.1, -0.05) is 60.7 Å². The van der Waals surface area contributed by atoms with E-state index in [0.717, 1.165) is 37.1 Å². The fourth-order valence-corrected chi connectivity index (χ4v) is 5.45. The molecule has 0 aromatic heterocycles. The van der Waals surface area contributed by atoms with Crippen LogP contribution in [0, 0.1) is 11.7 Å². The molecular formula is C29H30BrFN2O3. The molecule has 3 heterocycles. The van der Waals surface area contributed by atoms with Crippen LogP contribution in [0.1, 0.15) is 34.8 Å². The predicted molar refractivity (Wildman–Crippen MR) is 132 cm³/mol. The van der Waals surface area contributed by atoms with Gasteiger partial charge < -0.3 is 31.5 Å². The summed E-state index contributed by atoms with van der Waals surface area (Å²) in [6.07, 6.45) is 1.66. The van der Waals surface area contributed by atoms with E-state index in [2.05, 4.69) is 5.32 Å². The van der Waals surface area contributed by atoms with Crippen LogP contribution in [0.2, 0.25) is 0 Å². The summed E-state index contributed by atoms with van der Waals surface area (Å²) in [7, 11) is 0. The number of rotatable bonds is 8. The number of ketones is 1. The number of hydrogen-bond donors (Lipinski definition) is 1. The summed E-state index contributed by atoms with van der Waals surface area (Å²) in [5.74, 6) is -0.239. The van der Waals surface area contributed by atoms with Crippen LogP contribution in [0.15, 0.2) is 84.9 Å². The molecule has 0 saturated carbocycles. The molecule has 2 bridgehead atoms. The molecule has 0 radical (unpaired) electrons. The highest BCUT2D eigenvalue weighted by Crippen LogP contribution is 2.36. The van der Waals surface area contributed by atoms with Crippen molar-refractivity contribution in [3.63, 3.8) is 0 Å². The van der Waals surface area contributed by atoms with Crippen molar-refractivity contribution in [3.05, 3.63) is 102 Å². The SMILES string of the molecule is O=C(C[N+]12CCC(CC1)[C@@H](OC(=O)C(Nc1ccc(F)cc1)c1ccccc1)C2)c1ccccc1.[Br-]. The molecule has 2 atom stereocenters. The molecule has 3 aliphatic heterocycles. The lowest BCUT2D eigenvalue weighted by Crippen LogP contribution is -3.00. The Kier molecular flexibility index (Phi) is 8.21. The lowest BCUT2D eigenvalue weighted by Gasteiger charge is -2.51. The van der Waals surface area contributed by atoms with Crippen LogP contribution in [-0.2, 0) is 9.53 Å². The van der Waals surface area contributed by atoms with Crippen molar-refractivity contribution in [2.45, 2.75) is 25.0 Å². The summed E-state index contributed by atoms with van der Waals surface area (Å²) < 4.78 is 20.2. The first-order valence-electron chi connectivity index (χ1n) is 12.2. The van der Waals surface area contributed by atoms with E-state index in [9.17, 15) is 14.0 Å². The number of hydrogen-bond acceptors (Lipinski definition) is 4. The van der Waals surface area contributed by atoms with Gasteiger partial charge in [-0.25, -0.2) is 9.18 Å². The molecule has 3 aromatic carbocycles. The lowest BCUT2D eigenvalue weighted by atomic mass is 9.82. The highest BCUT2D eigenvalue weighted by Gasteiger charge is 2.49. The van der Waals surface area contributed by atoms with Crippen LogP contribution < -0.4 is 22.3 Å². The van der Waals surface area contributed by atoms with Crippen molar-refractivity contribution in [1.29, 1.82) is 0 Å². The molecule has 7 heteroatoms. The van der Waals surface area contributed by atoms with Gasteiger partial charge in [0.1, 0.15) is 18.9 Å². The monoisotopic (exact) mass is 552 g/mol. The number of carbonyl (C=O) groups is 2. The number of benzene rings is 3. The minimum absolute atomic E-state index is 0. The number of nitrogens with zero attached hydrogens (tertiary/aromatic N) is 1. The average molecular weight is 553 g/mol. The lowest BCUT2D eigenvalue weighted by molar-refractivity contribution is -0.938. The number of piperidine rings is 3. The molecule has 3 aliphatic rings. The van der Waals surface area contributed by atoms with E-state index >= 15 is 0 Å². The summed E-state index contributed by atoms with van der Waals surface area (Å²) in [6, 6.07) is 24.1. The molecular weight excluding hydrogens is 523 g/mol. The van der Waals surface area contributed by atoms with Gasteiger partial charge in [0.25, 0.3) is 0 Å². The Morgan fingerprint density at radius 2 is 1.53 bits per heavy atom. The summed E-state index contributed by atoms with van der Waals surface area (Å²) >= 11 is 0. The zero-order valence-corrected chi connectivity index (χ0v) is 21.6. The second-order valence-electron chi connectivity index (χ2n) is 9.73. The van der Waals surface area contributed by atoms with E-state index < -0.39 is 6.04 Å². The minimum Gasteiger partial charge on any atom is -1.00 e. The molecule has 3 saturated heterocycles. The fraction of sp³-hybridized carbons (Fsp3) is 0.310. The number of halogens is 2. The normalized spacial score (nSPS) is 23.2. The summed E-state index contributed by atoms with van der Waals surface area (Å²) in [5, 5.41) is 3.22. The number of ether oxygens (including phenoxy) is 1. The summed E-state index contributed by atoms with van der Waals surface area (Å²) in [6.45, 7) is 2.97. The van der Waals surface area contributed by atoms with Crippen LogP contribution in [0.25, 0.3) is 0 Å². The van der Waals surface area contributed by atoms with Gasteiger partial charge in [0.15, 0.2) is 12.1 Å². The maximum Gasteiger partial charge on any atom is 0.333 e. The Balaban J connectivity index is 0.00000304. The van der Waals surface area contributed by atoms with E-state index in [1.165, 1.54) is 12.1 Å². The highest BCUT2D eigenvalue weighted by atomic mass is 79.9. The van der Waals surface area contributed by atoms with Gasteiger partial charge in [-0.05, 0) is 29.8 Å².